The Labute approximate surface area is 212 Å². The highest BCUT2D eigenvalue weighted by molar-refractivity contribution is 7.99. The van der Waals surface area contributed by atoms with E-state index in [0.29, 0.717) is 12.2 Å². The van der Waals surface area contributed by atoms with Gasteiger partial charge in [0, 0.05) is 42.5 Å². The highest BCUT2D eigenvalue weighted by Crippen LogP contribution is 2.49. The Balaban J connectivity index is 1.32. The molecule has 0 spiro atoms. The minimum Gasteiger partial charge on any atom is -0.340 e. The van der Waals surface area contributed by atoms with E-state index >= 15 is 0 Å². The molecular weight excluding hydrogens is 469 g/mol. The third-order valence-corrected chi connectivity index (χ3v) is 8.25. The normalized spacial score (nSPS) is 17.0. The fraction of sp³-hybridized carbons (Fsp3) is 0.556. The largest absolute Gasteiger partial charge is 0.416 e. The highest BCUT2D eigenvalue weighted by atomic mass is 32.2. The van der Waals surface area contributed by atoms with Gasteiger partial charge < -0.3 is 19.6 Å². The van der Waals surface area contributed by atoms with Gasteiger partial charge in [0.1, 0.15) is 0 Å². The van der Waals surface area contributed by atoms with Gasteiger partial charge in [-0.15, -0.1) is 0 Å². The molecule has 0 radical (unpaired) electrons. The van der Waals surface area contributed by atoms with Gasteiger partial charge in [-0.2, -0.15) is 13.2 Å². The fourth-order valence-corrected chi connectivity index (χ4v) is 6.07. The molecule has 0 unspecified atom stereocenters. The summed E-state index contributed by atoms with van der Waals surface area (Å²) in [6.07, 6.45) is -2.21. The van der Waals surface area contributed by atoms with Gasteiger partial charge in [-0.1, -0.05) is 37.7 Å². The van der Waals surface area contributed by atoms with Crippen molar-refractivity contribution in [1.82, 2.24) is 14.7 Å². The zero-order valence-electron chi connectivity index (χ0n) is 20.9. The molecule has 0 atom stereocenters. The molecule has 0 amide bonds. The molecule has 2 aliphatic heterocycles. The lowest BCUT2D eigenvalue weighted by molar-refractivity contribution is -0.137. The number of benzene rings is 2. The quantitative estimate of drug-likeness (QED) is 0.388. The first-order valence-corrected chi connectivity index (χ1v) is 13.6. The standard InChI is InChI=1S/C27H37F3N4S/c1-3-31(4-2)13-7-14-32-17-19-33(20-18-32)15-8-16-34-23-9-5-6-10-25(23)35-26-12-11-22(21-24(26)34)27(28,29)30/h5-6,9-12,21H,3-4,7-8,13-20H2,1-2H3. The van der Waals surface area contributed by atoms with Crippen LogP contribution in [0.3, 0.4) is 0 Å². The predicted molar refractivity (Wildman–Crippen MR) is 139 cm³/mol. The number of piperazine rings is 1. The van der Waals surface area contributed by atoms with E-state index in [9.17, 15) is 13.2 Å². The molecule has 0 bridgehead atoms. The number of hydrogen-bond donors (Lipinski definition) is 0. The second-order valence-corrected chi connectivity index (χ2v) is 10.4. The number of nitrogens with zero attached hydrogens (tertiary/aromatic N) is 4. The van der Waals surface area contributed by atoms with Crippen LogP contribution in [0.25, 0.3) is 0 Å². The molecule has 0 aliphatic carbocycles. The first-order valence-electron chi connectivity index (χ1n) is 12.8. The maximum atomic E-state index is 13.4. The predicted octanol–water partition coefficient (Wildman–Crippen LogP) is 6.05. The minimum absolute atomic E-state index is 0.585. The molecule has 2 aromatic carbocycles. The average molecular weight is 507 g/mol. The molecule has 192 valence electrons. The van der Waals surface area contributed by atoms with Crippen LogP contribution in [0.5, 0.6) is 0 Å². The van der Waals surface area contributed by atoms with Crippen molar-refractivity contribution in [3.63, 3.8) is 0 Å². The Morgan fingerprint density at radius 3 is 2.09 bits per heavy atom. The lowest BCUT2D eigenvalue weighted by atomic mass is 10.1. The summed E-state index contributed by atoms with van der Waals surface area (Å²) in [5.74, 6) is 0. The second kappa shape index (κ2) is 12.0. The van der Waals surface area contributed by atoms with E-state index in [4.69, 9.17) is 0 Å². The lowest BCUT2D eigenvalue weighted by Crippen LogP contribution is -2.47. The number of anilines is 2. The van der Waals surface area contributed by atoms with E-state index in [1.165, 1.54) is 25.1 Å². The van der Waals surface area contributed by atoms with Crippen LogP contribution in [0.1, 0.15) is 32.3 Å². The lowest BCUT2D eigenvalue weighted by Gasteiger charge is -2.36. The molecule has 2 aromatic rings. The maximum Gasteiger partial charge on any atom is 0.416 e. The summed E-state index contributed by atoms with van der Waals surface area (Å²) >= 11 is 1.55. The summed E-state index contributed by atoms with van der Waals surface area (Å²) in [5.41, 5.74) is 1.09. The van der Waals surface area contributed by atoms with Gasteiger partial charge >= 0.3 is 6.18 Å². The first kappa shape index (κ1) is 26.3. The topological polar surface area (TPSA) is 13.0 Å². The zero-order valence-corrected chi connectivity index (χ0v) is 21.7. The van der Waals surface area contributed by atoms with Crippen LogP contribution in [0, 0.1) is 0 Å². The van der Waals surface area contributed by atoms with E-state index in [2.05, 4.69) is 33.4 Å². The van der Waals surface area contributed by atoms with Gasteiger partial charge in [0.2, 0.25) is 0 Å². The number of alkyl halides is 3. The molecule has 4 nitrogen and oxygen atoms in total. The van der Waals surface area contributed by atoms with E-state index in [1.54, 1.807) is 17.8 Å². The van der Waals surface area contributed by atoms with E-state index in [-0.39, 0.29) is 0 Å². The van der Waals surface area contributed by atoms with Gasteiger partial charge in [0.15, 0.2) is 0 Å². The molecular formula is C27H37F3N4S. The molecule has 4 rings (SSSR count). The van der Waals surface area contributed by atoms with E-state index < -0.39 is 11.7 Å². The molecule has 35 heavy (non-hydrogen) atoms. The van der Waals surface area contributed by atoms with Crippen LogP contribution in [0.4, 0.5) is 24.5 Å². The van der Waals surface area contributed by atoms with Crippen LogP contribution in [0.2, 0.25) is 0 Å². The van der Waals surface area contributed by atoms with Crippen molar-refractivity contribution in [2.75, 3.05) is 70.3 Å². The Hall–Kier alpha value is -1.74. The summed E-state index contributed by atoms with van der Waals surface area (Å²) in [4.78, 5) is 11.6. The number of fused-ring (bicyclic) bond motifs is 2. The van der Waals surface area contributed by atoms with Crippen molar-refractivity contribution in [3.8, 4) is 0 Å². The smallest absolute Gasteiger partial charge is 0.340 e. The minimum atomic E-state index is -4.34. The summed E-state index contributed by atoms with van der Waals surface area (Å²) in [6, 6.07) is 12.1. The molecule has 0 saturated carbocycles. The van der Waals surface area contributed by atoms with Crippen molar-refractivity contribution in [1.29, 1.82) is 0 Å². The number of rotatable bonds is 10. The monoisotopic (exact) mass is 506 g/mol. The second-order valence-electron chi connectivity index (χ2n) is 9.32. The van der Waals surface area contributed by atoms with Crippen LogP contribution < -0.4 is 4.90 Å². The molecule has 2 aliphatic rings. The van der Waals surface area contributed by atoms with Gasteiger partial charge in [-0.25, -0.2) is 0 Å². The van der Waals surface area contributed by atoms with E-state index in [1.807, 2.05) is 24.3 Å². The highest BCUT2D eigenvalue weighted by Gasteiger charge is 2.33. The molecule has 0 N–H and O–H groups in total. The summed E-state index contributed by atoms with van der Waals surface area (Å²) in [7, 11) is 0. The fourth-order valence-electron chi connectivity index (χ4n) is 4.99. The Bertz CT molecular complexity index is 956. The molecule has 0 aromatic heterocycles. The van der Waals surface area contributed by atoms with Gasteiger partial charge in [-0.05, 0) is 75.9 Å². The van der Waals surface area contributed by atoms with Crippen LogP contribution >= 0.6 is 11.8 Å². The average Bonchev–Trinajstić information content (AvgIpc) is 2.86. The summed E-state index contributed by atoms with van der Waals surface area (Å²) in [5, 5.41) is 0. The van der Waals surface area contributed by atoms with E-state index in [0.717, 1.165) is 74.3 Å². The van der Waals surface area contributed by atoms with Crippen molar-refractivity contribution in [3.05, 3.63) is 48.0 Å². The summed E-state index contributed by atoms with van der Waals surface area (Å²) < 4.78 is 40.3. The van der Waals surface area contributed by atoms with Crippen LogP contribution in [-0.2, 0) is 6.18 Å². The molecule has 1 fully saturated rings. The molecule has 8 heteroatoms. The van der Waals surface area contributed by atoms with Crippen LogP contribution in [-0.4, -0.2) is 80.1 Å². The molecule has 1 saturated heterocycles. The Kier molecular flexibility index (Phi) is 9.02. The Morgan fingerprint density at radius 2 is 1.43 bits per heavy atom. The third-order valence-electron chi connectivity index (χ3n) is 7.12. The first-order chi connectivity index (χ1) is 16.9. The van der Waals surface area contributed by atoms with Crippen molar-refractivity contribution >= 4 is 23.1 Å². The maximum absolute atomic E-state index is 13.4. The number of hydrogen-bond acceptors (Lipinski definition) is 5. The van der Waals surface area contributed by atoms with Crippen molar-refractivity contribution in [2.45, 2.75) is 42.7 Å². The van der Waals surface area contributed by atoms with Crippen LogP contribution in [0.15, 0.2) is 52.3 Å². The van der Waals surface area contributed by atoms with Gasteiger partial charge in [0.05, 0.1) is 16.9 Å². The SMILES string of the molecule is CCN(CC)CCCN1CCN(CCCN2c3ccccc3Sc3ccc(C(F)(F)F)cc32)CC1. The van der Waals surface area contributed by atoms with Gasteiger partial charge in [-0.3, -0.25) is 0 Å². The number of halogens is 3. The molecule has 2 heterocycles. The van der Waals surface area contributed by atoms with Crippen molar-refractivity contribution < 1.29 is 13.2 Å². The number of para-hydroxylation sites is 1. The zero-order chi connectivity index (χ0) is 24.8. The Morgan fingerprint density at radius 1 is 0.800 bits per heavy atom. The third kappa shape index (κ3) is 6.73. The van der Waals surface area contributed by atoms with Gasteiger partial charge in [0.25, 0.3) is 0 Å². The summed E-state index contributed by atoms with van der Waals surface area (Å²) in [6.45, 7) is 15.0. The van der Waals surface area contributed by atoms with Crippen molar-refractivity contribution in [2.24, 2.45) is 0 Å².